The number of methoxy groups -OCH3 is 1. The number of ether oxygens (including phenoxy) is 1. The van der Waals surface area contributed by atoms with Crippen LogP contribution in [0.15, 0.2) is 24.3 Å². The number of amides is 1. The molecule has 0 aliphatic heterocycles. The van der Waals surface area contributed by atoms with E-state index in [1.54, 1.807) is 14.2 Å². The van der Waals surface area contributed by atoms with E-state index in [2.05, 4.69) is 5.32 Å². The maximum absolute atomic E-state index is 11.5. The van der Waals surface area contributed by atoms with E-state index in [0.29, 0.717) is 13.0 Å². The van der Waals surface area contributed by atoms with Gasteiger partial charge in [-0.1, -0.05) is 12.1 Å². The van der Waals surface area contributed by atoms with Gasteiger partial charge in [0.1, 0.15) is 5.75 Å². The molecular formula is C12H18N2O2. The number of nitrogens with one attached hydrogen (secondary N) is 1. The molecule has 1 aromatic rings. The Bertz CT molecular complexity index is 335. The van der Waals surface area contributed by atoms with Crippen LogP contribution in [0.3, 0.4) is 0 Å². The highest BCUT2D eigenvalue weighted by atomic mass is 16.5. The smallest absolute Gasteiger partial charge is 0.224 e. The van der Waals surface area contributed by atoms with Gasteiger partial charge in [-0.25, -0.2) is 0 Å². The van der Waals surface area contributed by atoms with Crippen molar-refractivity contribution in [3.8, 4) is 5.75 Å². The fraction of sp³-hybridized carbons (Fsp3) is 0.417. The first-order valence-corrected chi connectivity index (χ1v) is 5.25. The zero-order valence-electron chi connectivity index (χ0n) is 9.69. The van der Waals surface area contributed by atoms with Crippen LogP contribution in [-0.2, 0) is 11.2 Å². The van der Waals surface area contributed by atoms with Crippen molar-refractivity contribution in [1.82, 2.24) is 5.32 Å². The van der Waals surface area contributed by atoms with Crippen LogP contribution in [0.2, 0.25) is 0 Å². The zero-order chi connectivity index (χ0) is 12.0. The van der Waals surface area contributed by atoms with Gasteiger partial charge in [-0.2, -0.15) is 0 Å². The van der Waals surface area contributed by atoms with Crippen LogP contribution in [-0.4, -0.2) is 26.6 Å². The van der Waals surface area contributed by atoms with Gasteiger partial charge >= 0.3 is 0 Å². The number of carbonyl (C=O) groups excluding carboxylic acids is 1. The van der Waals surface area contributed by atoms with E-state index in [4.69, 9.17) is 10.5 Å². The quantitative estimate of drug-likeness (QED) is 0.765. The molecule has 0 aromatic heterocycles. The number of hydrogen-bond acceptors (Lipinski definition) is 3. The predicted octanol–water partition coefficient (Wildman–Crippen LogP) is 0.559. The molecule has 0 spiro atoms. The molecule has 1 unspecified atom stereocenters. The summed E-state index contributed by atoms with van der Waals surface area (Å²) in [6, 6.07) is 7.66. The Kier molecular flexibility index (Phi) is 4.79. The second-order valence-electron chi connectivity index (χ2n) is 3.60. The molecule has 0 saturated heterocycles. The zero-order valence-corrected chi connectivity index (χ0v) is 9.69. The molecular weight excluding hydrogens is 204 g/mol. The summed E-state index contributed by atoms with van der Waals surface area (Å²) in [5.74, 6) is 0.629. The summed E-state index contributed by atoms with van der Waals surface area (Å²) < 4.78 is 5.07. The Morgan fingerprint density at radius 1 is 1.44 bits per heavy atom. The molecule has 0 saturated carbocycles. The van der Waals surface area contributed by atoms with Crippen molar-refractivity contribution < 1.29 is 9.53 Å². The lowest BCUT2D eigenvalue weighted by Crippen LogP contribution is -2.34. The molecule has 0 heterocycles. The Labute approximate surface area is 95.8 Å². The number of rotatable bonds is 5. The summed E-state index contributed by atoms with van der Waals surface area (Å²) in [5, 5.41) is 2.62. The number of carbonyl (C=O) groups is 1. The van der Waals surface area contributed by atoms with Crippen molar-refractivity contribution in [1.29, 1.82) is 0 Å². The summed E-state index contributed by atoms with van der Waals surface area (Å²) in [5.41, 5.74) is 6.65. The van der Waals surface area contributed by atoms with Gasteiger partial charge < -0.3 is 15.8 Å². The normalized spacial score (nSPS) is 11.9. The Balaban J connectivity index is 2.66. The summed E-state index contributed by atoms with van der Waals surface area (Å²) in [6.07, 6.45) is 0.653. The van der Waals surface area contributed by atoms with Crippen molar-refractivity contribution in [2.75, 3.05) is 20.7 Å². The van der Waals surface area contributed by atoms with E-state index in [0.717, 1.165) is 11.3 Å². The number of nitrogens with two attached hydrogens (primary N) is 1. The molecule has 16 heavy (non-hydrogen) atoms. The lowest BCUT2D eigenvalue weighted by Gasteiger charge is -2.13. The van der Waals surface area contributed by atoms with Gasteiger partial charge in [-0.3, -0.25) is 4.79 Å². The first-order valence-electron chi connectivity index (χ1n) is 5.25. The van der Waals surface area contributed by atoms with Gasteiger partial charge in [-0.15, -0.1) is 0 Å². The second-order valence-corrected chi connectivity index (χ2v) is 3.60. The highest BCUT2D eigenvalue weighted by molar-refractivity contribution is 5.78. The average molecular weight is 222 g/mol. The summed E-state index contributed by atoms with van der Waals surface area (Å²) in [7, 11) is 3.25. The number of hydrogen-bond donors (Lipinski definition) is 2. The minimum absolute atomic E-state index is 0.0154. The van der Waals surface area contributed by atoms with E-state index in [1.807, 2.05) is 24.3 Å². The van der Waals surface area contributed by atoms with E-state index < -0.39 is 0 Å². The minimum Gasteiger partial charge on any atom is -0.497 e. The molecule has 1 aromatic carbocycles. The molecule has 3 N–H and O–H groups in total. The lowest BCUT2D eigenvalue weighted by molar-refractivity contribution is -0.124. The molecule has 1 amide bonds. The molecule has 4 nitrogen and oxygen atoms in total. The molecule has 0 radical (unpaired) electrons. The van der Waals surface area contributed by atoms with Crippen LogP contribution in [0, 0.1) is 5.92 Å². The van der Waals surface area contributed by atoms with Crippen LogP contribution >= 0.6 is 0 Å². The van der Waals surface area contributed by atoms with Gasteiger partial charge in [0.15, 0.2) is 0 Å². The first kappa shape index (κ1) is 12.5. The molecule has 1 rings (SSSR count). The highest BCUT2D eigenvalue weighted by Crippen LogP contribution is 2.14. The summed E-state index contributed by atoms with van der Waals surface area (Å²) in [6.45, 7) is 0.353. The molecule has 1 atom stereocenters. The van der Waals surface area contributed by atoms with Crippen LogP contribution in [0.5, 0.6) is 5.75 Å². The molecule has 0 aliphatic rings. The minimum atomic E-state index is -0.168. The van der Waals surface area contributed by atoms with Crippen molar-refractivity contribution >= 4 is 5.91 Å². The van der Waals surface area contributed by atoms with Crippen LogP contribution in [0.25, 0.3) is 0 Å². The summed E-state index contributed by atoms with van der Waals surface area (Å²) >= 11 is 0. The molecule has 0 fully saturated rings. The largest absolute Gasteiger partial charge is 0.497 e. The van der Waals surface area contributed by atoms with Crippen molar-refractivity contribution in [2.24, 2.45) is 11.7 Å². The second kappa shape index (κ2) is 6.12. The Morgan fingerprint density at radius 2 is 2.06 bits per heavy atom. The molecule has 4 heteroatoms. The third kappa shape index (κ3) is 3.24. The van der Waals surface area contributed by atoms with E-state index in [-0.39, 0.29) is 11.8 Å². The third-order valence-electron chi connectivity index (χ3n) is 2.54. The van der Waals surface area contributed by atoms with Gasteiger partial charge in [0.2, 0.25) is 5.91 Å². The highest BCUT2D eigenvalue weighted by Gasteiger charge is 2.15. The van der Waals surface area contributed by atoms with Gasteiger partial charge in [0, 0.05) is 13.6 Å². The van der Waals surface area contributed by atoms with Crippen LogP contribution in [0.1, 0.15) is 5.56 Å². The maximum atomic E-state index is 11.5. The number of benzene rings is 1. The van der Waals surface area contributed by atoms with Crippen molar-refractivity contribution in [2.45, 2.75) is 6.42 Å². The topological polar surface area (TPSA) is 64.4 Å². The third-order valence-corrected chi connectivity index (χ3v) is 2.54. The van der Waals surface area contributed by atoms with Gasteiger partial charge in [-0.05, 0) is 24.1 Å². The van der Waals surface area contributed by atoms with E-state index in [9.17, 15) is 4.79 Å². The molecule has 0 aliphatic carbocycles. The SMILES string of the molecule is CNC(=O)C(CN)Cc1ccc(OC)cc1. The van der Waals surface area contributed by atoms with E-state index in [1.165, 1.54) is 0 Å². The standard InChI is InChI=1S/C12H18N2O2/c1-14-12(15)10(8-13)7-9-3-5-11(16-2)6-4-9/h3-6,10H,7-8,13H2,1-2H3,(H,14,15). The first-order chi connectivity index (χ1) is 7.71. The maximum Gasteiger partial charge on any atom is 0.224 e. The fourth-order valence-corrected chi connectivity index (χ4v) is 1.53. The van der Waals surface area contributed by atoms with Gasteiger partial charge in [0.25, 0.3) is 0 Å². The average Bonchev–Trinajstić information content (AvgIpc) is 2.35. The fourth-order valence-electron chi connectivity index (χ4n) is 1.53. The molecule has 0 bridgehead atoms. The van der Waals surface area contributed by atoms with Crippen molar-refractivity contribution in [3.05, 3.63) is 29.8 Å². The van der Waals surface area contributed by atoms with E-state index >= 15 is 0 Å². The van der Waals surface area contributed by atoms with Crippen LogP contribution in [0.4, 0.5) is 0 Å². The Morgan fingerprint density at radius 3 is 2.50 bits per heavy atom. The Hall–Kier alpha value is -1.55. The van der Waals surface area contributed by atoms with Crippen LogP contribution < -0.4 is 15.8 Å². The predicted molar refractivity (Wildman–Crippen MR) is 63.3 cm³/mol. The monoisotopic (exact) mass is 222 g/mol. The molecule has 88 valence electrons. The van der Waals surface area contributed by atoms with Crippen molar-refractivity contribution in [3.63, 3.8) is 0 Å². The summed E-state index contributed by atoms with van der Waals surface area (Å²) in [4.78, 5) is 11.5. The van der Waals surface area contributed by atoms with Gasteiger partial charge in [0.05, 0.1) is 13.0 Å². The lowest BCUT2D eigenvalue weighted by atomic mass is 9.98.